The standard InChI is InChI=1S/C17H12F3N5OS/c1-9-12(6-21)15(23)25-16(13(9)7-22)27-8-14(26)24-11-4-2-10(3-5-11)17(18,19)20/h2-5H,8H2,1H3,(H2,23,25)(H,24,26). The van der Waals surface area contributed by atoms with Gasteiger partial charge in [-0.05, 0) is 36.8 Å². The number of aromatic nitrogens is 1. The highest BCUT2D eigenvalue weighted by Crippen LogP contribution is 2.30. The predicted octanol–water partition coefficient (Wildman–Crippen LogP) is 3.47. The Hall–Kier alpha value is -3.24. The highest BCUT2D eigenvalue weighted by atomic mass is 32.2. The highest BCUT2D eigenvalue weighted by molar-refractivity contribution is 8.00. The van der Waals surface area contributed by atoms with Gasteiger partial charge in [0.2, 0.25) is 5.91 Å². The number of carbonyl (C=O) groups is 1. The lowest BCUT2D eigenvalue weighted by Gasteiger charge is -2.10. The summed E-state index contributed by atoms with van der Waals surface area (Å²) in [5.41, 5.74) is 5.70. The van der Waals surface area contributed by atoms with Crippen LogP contribution in [0.4, 0.5) is 24.7 Å². The molecular formula is C17H12F3N5OS. The monoisotopic (exact) mass is 391 g/mol. The van der Waals surface area contributed by atoms with E-state index in [1.54, 1.807) is 6.92 Å². The molecule has 0 aliphatic rings. The number of benzene rings is 1. The van der Waals surface area contributed by atoms with Crippen LogP contribution in [0.1, 0.15) is 22.3 Å². The molecule has 27 heavy (non-hydrogen) atoms. The summed E-state index contributed by atoms with van der Waals surface area (Å²) in [5, 5.41) is 21.0. The Labute approximate surface area is 156 Å². The maximum absolute atomic E-state index is 12.5. The van der Waals surface area contributed by atoms with Crippen LogP contribution in [0.3, 0.4) is 0 Å². The number of pyridine rings is 1. The molecule has 0 saturated heterocycles. The quantitative estimate of drug-likeness (QED) is 0.771. The molecule has 0 aliphatic carbocycles. The van der Waals surface area contributed by atoms with E-state index in [0.717, 1.165) is 36.0 Å². The van der Waals surface area contributed by atoms with Crippen molar-refractivity contribution < 1.29 is 18.0 Å². The Morgan fingerprint density at radius 2 is 1.81 bits per heavy atom. The molecule has 0 aliphatic heterocycles. The number of nitriles is 2. The number of carbonyl (C=O) groups excluding carboxylic acids is 1. The summed E-state index contributed by atoms with van der Waals surface area (Å²) in [6.07, 6.45) is -4.45. The second-order valence-electron chi connectivity index (χ2n) is 5.31. The molecule has 0 atom stereocenters. The van der Waals surface area contributed by atoms with Crippen molar-refractivity contribution in [2.45, 2.75) is 18.1 Å². The summed E-state index contributed by atoms with van der Waals surface area (Å²) in [6.45, 7) is 1.56. The van der Waals surface area contributed by atoms with Gasteiger partial charge in [0, 0.05) is 5.69 Å². The van der Waals surface area contributed by atoms with Gasteiger partial charge in [0.15, 0.2) is 0 Å². The van der Waals surface area contributed by atoms with Gasteiger partial charge in [-0.1, -0.05) is 11.8 Å². The first-order valence-electron chi connectivity index (χ1n) is 7.37. The number of hydrogen-bond acceptors (Lipinski definition) is 6. The zero-order valence-corrected chi connectivity index (χ0v) is 14.7. The fraction of sp³-hybridized carbons (Fsp3) is 0.176. The number of nitrogens with one attached hydrogen (secondary N) is 1. The second-order valence-corrected chi connectivity index (χ2v) is 6.28. The average Bonchev–Trinajstić information content (AvgIpc) is 2.60. The Kier molecular flexibility index (Phi) is 5.93. The summed E-state index contributed by atoms with van der Waals surface area (Å²) >= 11 is 0.939. The van der Waals surface area contributed by atoms with E-state index < -0.39 is 17.6 Å². The molecule has 1 amide bonds. The number of anilines is 2. The first-order chi connectivity index (χ1) is 12.7. The minimum Gasteiger partial charge on any atom is -0.383 e. The number of alkyl halides is 3. The van der Waals surface area contributed by atoms with Crippen LogP contribution in [-0.4, -0.2) is 16.6 Å². The SMILES string of the molecule is Cc1c(C#N)c(N)nc(SCC(=O)Nc2ccc(C(F)(F)F)cc2)c1C#N. The van der Waals surface area contributed by atoms with Crippen LogP contribution >= 0.6 is 11.8 Å². The third kappa shape index (κ3) is 4.68. The van der Waals surface area contributed by atoms with E-state index in [1.165, 1.54) is 0 Å². The minimum atomic E-state index is -4.45. The highest BCUT2D eigenvalue weighted by Gasteiger charge is 2.30. The first-order valence-corrected chi connectivity index (χ1v) is 8.36. The van der Waals surface area contributed by atoms with E-state index in [-0.39, 0.29) is 33.4 Å². The van der Waals surface area contributed by atoms with E-state index in [9.17, 15) is 23.2 Å². The van der Waals surface area contributed by atoms with E-state index in [2.05, 4.69) is 10.3 Å². The van der Waals surface area contributed by atoms with Crippen LogP contribution in [-0.2, 0) is 11.0 Å². The normalized spacial score (nSPS) is 10.7. The summed E-state index contributed by atoms with van der Waals surface area (Å²) in [6, 6.07) is 7.82. The lowest BCUT2D eigenvalue weighted by Crippen LogP contribution is -2.15. The van der Waals surface area contributed by atoms with Crippen molar-refractivity contribution in [3.8, 4) is 12.1 Å². The Morgan fingerprint density at radius 3 is 2.33 bits per heavy atom. The number of hydrogen-bond donors (Lipinski definition) is 2. The summed E-state index contributed by atoms with van der Waals surface area (Å²) in [4.78, 5) is 16.0. The molecule has 2 aromatic rings. The average molecular weight is 391 g/mol. The van der Waals surface area contributed by atoms with Crippen LogP contribution in [0.5, 0.6) is 0 Å². The maximum Gasteiger partial charge on any atom is 0.416 e. The third-order valence-corrected chi connectivity index (χ3v) is 4.48. The van der Waals surface area contributed by atoms with Gasteiger partial charge in [0.05, 0.1) is 22.4 Å². The summed E-state index contributed by atoms with van der Waals surface area (Å²) < 4.78 is 37.6. The largest absolute Gasteiger partial charge is 0.416 e. The Balaban J connectivity index is 2.08. The fourth-order valence-corrected chi connectivity index (χ4v) is 3.00. The van der Waals surface area contributed by atoms with E-state index >= 15 is 0 Å². The number of thioether (sulfide) groups is 1. The fourth-order valence-electron chi connectivity index (χ4n) is 2.15. The summed E-state index contributed by atoms with van der Waals surface area (Å²) in [7, 11) is 0. The molecule has 6 nitrogen and oxygen atoms in total. The number of nitrogen functional groups attached to an aromatic ring is 1. The minimum absolute atomic E-state index is 0.0420. The molecule has 1 aromatic carbocycles. The van der Waals surface area contributed by atoms with Gasteiger partial charge in [-0.2, -0.15) is 23.7 Å². The van der Waals surface area contributed by atoms with Gasteiger partial charge in [-0.15, -0.1) is 0 Å². The Bertz CT molecular complexity index is 959. The number of halogens is 3. The van der Waals surface area contributed by atoms with Gasteiger partial charge < -0.3 is 11.1 Å². The van der Waals surface area contributed by atoms with Crippen LogP contribution in [0.25, 0.3) is 0 Å². The molecule has 0 saturated carbocycles. The second kappa shape index (κ2) is 7.98. The van der Waals surface area contributed by atoms with Gasteiger partial charge in [-0.25, -0.2) is 4.98 Å². The van der Waals surface area contributed by atoms with E-state index in [4.69, 9.17) is 11.0 Å². The number of nitrogens with two attached hydrogens (primary N) is 1. The molecule has 3 N–H and O–H groups in total. The number of nitrogens with zero attached hydrogens (tertiary/aromatic N) is 3. The summed E-state index contributed by atoms with van der Waals surface area (Å²) in [5.74, 6) is -0.682. The maximum atomic E-state index is 12.5. The molecule has 10 heteroatoms. The topological polar surface area (TPSA) is 116 Å². The molecule has 2 rings (SSSR count). The van der Waals surface area contributed by atoms with Crippen LogP contribution in [0.15, 0.2) is 29.3 Å². The molecule has 0 radical (unpaired) electrons. The van der Waals surface area contributed by atoms with Gasteiger partial charge >= 0.3 is 6.18 Å². The molecule has 138 valence electrons. The molecule has 0 fully saturated rings. The molecular weight excluding hydrogens is 379 g/mol. The first kappa shape index (κ1) is 20.1. The predicted molar refractivity (Wildman–Crippen MR) is 93.6 cm³/mol. The molecule has 1 heterocycles. The molecule has 1 aromatic heterocycles. The lowest BCUT2D eigenvalue weighted by molar-refractivity contribution is -0.137. The third-order valence-electron chi connectivity index (χ3n) is 3.50. The lowest BCUT2D eigenvalue weighted by atomic mass is 10.1. The molecule has 0 unspecified atom stereocenters. The van der Waals surface area contributed by atoms with Gasteiger partial charge in [0.1, 0.15) is 23.0 Å². The Morgan fingerprint density at radius 1 is 1.22 bits per heavy atom. The molecule has 0 bridgehead atoms. The van der Waals surface area contributed by atoms with Crippen molar-refractivity contribution in [1.29, 1.82) is 10.5 Å². The van der Waals surface area contributed by atoms with Crippen LogP contribution in [0, 0.1) is 29.6 Å². The van der Waals surface area contributed by atoms with Crippen molar-refractivity contribution in [1.82, 2.24) is 4.98 Å². The zero-order chi connectivity index (χ0) is 20.2. The van der Waals surface area contributed by atoms with Gasteiger partial charge in [0.25, 0.3) is 0 Å². The van der Waals surface area contributed by atoms with Crippen LogP contribution < -0.4 is 11.1 Å². The smallest absolute Gasteiger partial charge is 0.383 e. The van der Waals surface area contributed by atoms with E-state index in [1.807, 2.05) is 12.1 Å². The van der Waals surface area contributed by atoms with Crippen LogP contribution in [0.2, 0.25) is 0 Å². The van der Waals surface area contributed by atoms with Crippen molar-refractivity contribution in [3.63, 3.8) is 0 Å². The van der Waals surface area contributed by atoms with Crippen molar-refractivity contribution >= 4 is 29.2 Å². The van der Waals surface area contributed by atoms with E-state index in [0.29, 0.717) is 5.56 Å². The van der Waals surface area contributed by atoms with Crippen molar-refractivity contribution in [2.24, 2.45) is 0 Å². The number of amides is 1. The zero-order valence-electron chi connectivity index (χ0n) is 13.9. The number of rotatable bonds is 4. The van der Waals surface area contributed by atoms with Crippen molar-refractivity contribution in [3.05, 3.63) is 46.5 Å². The molecule has 0 spiro atoms. The van der Waals surface area contributed by atoms with Gasteiger partial charge in [-0.3, -0.25) is 4.79 Å². The van der Waals surface area contributed by atoms with Crippen molar-refractivity contribution in [2.75, 3.05) is 16.8 Å².